The molecule has 3 atom stereocenters. The van der Waals surface area contributed by atoms with Gasteiger partial charge in [0.15, 0.2) is 0 Å². The molecule has 3 unspecified atom stereocenters. The van der Waals surface area contributed by atoms with Gasteiger partial charge in [-0.3, -0.25) is 14.5 Å². The van der Waals surface area contributed by atoms with Crippen LogP contribution in [0.2, 0.25) is 0 Å². The van der Waals surface area contributed by atoms with Gasteiger partial charge in [-0.1, -0.05) is 31.9 Å². The molecular formula is C24H34N4O2. The summed E-state index contributed by atoms with van der Waals surface area (Å²) < 4.78 is 0. The number of benzene rings is 1. The summed E-state index contributed by atoms with van der Waals surface area (Å²) in [6, 6.07) is 8.06. The average Bonchev–Trinajstić information content (AvgIpc) is 2.77. The van der Waals surface area contributed by atoms with E-state index in [1.165, 1.54) is 25.7 Å². The molecule has 4 rings (SSSR count). The molecule has 30 heavy (non-hydrogen) atoms. The van der Waals surface area contributed by atoms with Crippen LogP contribution in [-0.4, -0.2) is 50.8 Å². The lowest BCUT2D eigenvalue weighted by molar-refractivity contribution is -0.139. The van der Waals surface area contributed by atoms with E-state index in [9.17, 15) is 9.59 Å². The zero-order valence-electron chi connectivity index (χ0n) is 18.3. The number of H-pyrrole nitrogens is 1. The largest absolute Gasteiger partial charge is 0.338 e. The Bertz CT molecular complexity index is 938. The highest BCUT2D eigenvalue weighted by atomic mass is 16.2. The second-order valence-electron chi connectivity index (χ2n) is 9.03. The quantitative estimate of drug-likeness (QED) is 0.788. The topological polar surface area (TPSA) is 69.3 Å². The Kier molecular flexibility index (Phi) is 6.52. The first-order valence-corrected chi connectivity index (χ1v) is 11.6. The Morgan fingerprint density at radius 1 is 1.23 bits per heavy atom. The molecule has 6 heteroatoms. The predicted molar refractivity (Wildman–Crippen MR) is 119 cm³/mol. The molecule has 1 N–H and O–H groups in total. The van der Waals surface area contributed by atoms with Crippen LogP contribution in [-0.2, 0) is 11.3 Å². The molecule has 2 aliphatic rings. The van der Waals surface area contributed by atoms with Crippen molar-refractivity contribution in [3.8, 4) is 0 Å². The van der Waals surface area contributed by atoms with Crippen molar-refractivity contribution in [3.05, 3.63) is 40.4 Å². The summed E-state index contributed by atoms with van der Waals surface area (Å²) in [5, 5.41) is 0.601. The normalized spacial score (nSPS) is 22.8. The van der Waals surface area contributed by atoms with Gasteiger partial charge in [-0.25, -0.2) is 4.98 Å². The van der Waals surface area contributed by atoms with Gasteiger partial charge in [0.1, 0.15) is 5.82 Å². The number of para-hydroxylation sites is 1. The Morgan fingerprint density at radius 2 is 2.00 bits per heavy atom. The van der Waals surface area contributed by atoms with Crippen molar-refractivity contribution in [1.29, 1.82) is 0 Å². The molecule has 2 aromatic rings. The van der Waals surface area contributed by atoms with Crippen LogP contribution in [0.1, 0.15) is 64.6 Å². The van der Waals surface area contributed by atoms with Gasteiger partial charge in [0.2, 0.25) is 5.91 Å². The van der Waals surface area contributed by atoms with Gasteiger partial charge in [-0.15, -0.1) is 0 Å². The Morgan fingerprint density at radius 3 is 2.83 bits per heavy atom. The number of carbonyl (C=O) groups excluding carboxylic acids is 1. The molecule has 0 spiro atoms. The minimum atomic E-state index is -0.118. The lowest BCUT2D eigenvalue weighted by Crippen LogP contribution is -2.53. The lowest BCUT2D eigenvalue weighted by atomic mass is 9.78. The van der Waals surface area contributed by atoms with Crippen molar-refractivity contribution in [2.75, 3.05) is 13.1 Å². The molecule has 162 valence electrons. The highest BCUT2D eigenvalue weighted by Crippen LogP contribution is 2.35. The zero-order chi connectivity index (χ0) is 21.1. The summed E-state index contributed by atoms with van der Waals surface area (Å²) in [5.41, 5.74) is 0.583. The van der Waals surface area contributed by atoms with E-state index in [1.54, 1.807) is 6.07 Å². The SMILES string of the molecule is CCC(C)N(CC(=O)N1CCCC2CCCCC21)Cc1nc2ccccc2c(=O)[nH]1. The molecule has 0 bridgehead atoms. The van der Waals surface area contributed by atoms with Crippen LogP contribution < -0.4 is 5.56 Å². The van der Waals surface area contributed by atoms with E-state index in [1.807, 2.05) is 18.2 Å². The van der Waals surface area contributed by atoms with Crippen LogP contribution in [0, 0.1) is 5.92 Å². The average molecular weight is 411 g/mol. The first-order valence-electron chi connectivity index (χ1n) is 11.6. The number of amides is 1. The molecular weight excluding hydrogens is 376 g/mol. The number of likely N-dealkylation sites (tertiary alicyclic amines) is 1. The van der Waals surface area contributed by atoms with Crippen molar-refractivity contribution in [2.24, 2.45) is 5.92 Å². The molecule has 1 amide bonds. The van der Waals surface area contributed by atoms with Gasteiger partial charge in [-0.05, 0) is 57.1 Å². The summed E-state index contributed by atoms with van der Waals surface area (Å²) in [6.45, 7) is 6.03. The van der Waals surface area contributed by atoms with E-state index in [4.69, 9.17) is 0 Å². The molecule has 6 nitrogen and oxygen atoms in total. The van der Waals surface area contributed by atoms with Gasteiger partial charge in [-0.2, -0.15) is 0 Å². The second-order valence-corrected chi connectivity index (χ2v) is 9.03. The summed E-state index contributed by atoms with van der Waals surface area (Å²) >= 11 is 0. The maximum absolute atomic E-state index is 13.3. The van der Waals surface area contributed by atoms with E-state index in [0.29, 0.717) is 41.8 Å². The van der Waals surface area contributed by atoms with E-state index in [0.717, 1.165) is 25.8 Å². The number of aromatic nitrogens is 2. The van der Waals surface area contributed by atoms with Crippen molar-refractivity contribution in [3.63, 3.8) is 0 Å². The van der Waals surface area contributed by atoms with Gasteiger partial charge in [0.25, 0.3) is 5.56 Å². The van der Waals surface area contributed by atoms with Crippen LogP contribution in [0.4, 0.5) is 0 Å². The number of fused-ring (bicyclic) bond motifs is 2. The van der Waals surface area contributed by atoms with Crippen LogP contribution >= 0.6 is 0 Å². The van der Waals surface area contributed by atoms with E-state index in [-0.39, 0.29) is 17.5 Å². The van der Waals surface area contributed by atoms with Crippen molar-refractivity contribution >= 4 is 16.8 Å². The van der Waals surface area contributed by atoms with E-state index in [2.05, 4.69) is 33.6 Å². The highest BCUT2D eigenvalue weighted by molar-refractivity contribution is 5.79. The van der Waals surface area contributed by atoms with Gasteiger partial charge in [0, 0.05) is 18.6 Å². The molecule has 1 aromatic heterocycles. The fourth-order valence-electron chi connectivity index (χ4n) is 5.23. The van der Waals surface area contributed by atoms with Crippen LogP contribution in [0.15, 0.2) is 29.1 Å². The smallest absolute Gasteiger partial charge is 0.258 e. The zero-order valence-corrected chi connectivity index (χ0v) is 18.3. The number of carbonyl (C=O) groups is 1. The first kappa shape index (κ1) is 21.0. The van der Waals surface area contributed by atoms with Crippen molar-refractivity contribution in [2.45, 2.75) is 77.4 Å². The number of nitrogens with zero attached hydrogens (tertiary/aromatic N) is 3. The number of hydrogen-bond acceptors (Lipinski definition) is 4. The standard InChI is InChI=1S/C24H34N4O2/c1-3-17(2)27(15-22-25-20-12-6-5-11-19(20)24(30)26-22)16-23(29)28-14-8-10-18-9-4-7-13-21(18)28/h5-6,11-12,17-18,21H,3-4,7-10,13-16H2,1-2H3,(H,25,26,30). The predicted octanol–water partition coefficient (Wildman–Crippen LogP) is 3.70. The van der Waals surface area contributed by atoms with Gasteiger partial charge >= 0.3 is 0 Å². The maximum atomic E-state index is 13.3. The van der Waals surface area contributed by atoms with E-state index < -0.39 is 0 Å². The molecule has 1 saturated carbocycles. The summed E-state index contributed by atoms with van der Waals surface area (Å²) in [7, 11) is 0. The molecule has 1 aliphatic carbocycles. The minimum absolute atomic E-state index is 0.118. The summed E-state index contributed by atoms with van der Waals surface area (Å²) in [5.74, 6) is 1.54. The first-order chi connectivity index (χ1) is 14.6. The summed E-state index contributed by atoms with van der Waals surface area (Å²) in [4.78, 5) is 37.7. The minimum Gasteiger partial charge on any atom is -0.338 e. The molecule has 2 heterocycles. The van der Waals surface area contributed by atoms with E-state index >= 15 is 0 Å². The third-order valence-corrected chi connectivity index (χ3v) is 7.13. The lowest BCUT2D eigenvalue weighted by Gasteiger charge is -2.45. The van der Waals surface area contributed by atoms with Crippen LogP contribution in [0.5, 0.6) is 0 Å². The fourth-order valence-corrected chi connectivity index (χ4v) is 5.23. The molecule has 1 aliphatic heterocycles. The Labute approximate surface area is 178 Å². The molecule has 1 saturated heterocycles. The number of aromatic amines is 1. The second kappa shape index (κ2) is 9.29. The summed E-state index contributed by atoms with van der Waals surface area (Å²) in [6.07, 6.45) is 8.30. The van der Waals surface area contributed by atoms with Crippen molar-refractivity contribution < 1.29 is 4.79 Å². The third kappa shape index (κ3) is 4.43. The van der Waals surface area contributed by atoms with Crippen LogP contribution in [0.3, 0.4) is 0 Å². The Balaban J connectivity index is 1.52. The number of nitrogens with one attached hydrogen (secondary N) is 1. The third-order valence-electron chi connectivity index (χ3n) is 7.13. The highest BCUT2D eigenvalue weighted by Gasteiger charge is 2.36. The monoisotopic (exact) mass is 410 g/mol. The van der Waals surface area contributed by atoms with Gasteiger partial charge in [0.05, 0.1) is 24.0 Å². The number of rotatable bonds is 6. The van der Waals surface area contributed by atoms with Crippen LogP contribution in [0.25, 0.3) is 10.9 Å². The number of piperidine rings is 1. The van der Waals surface area contributed by atoms with Crippen molar-refractivity contribution in [1.82, 2.24) is 19.8 Å². The Hall–Kier alpha value is -2.21. The maximum Gasteiger partial charge on any atom is 0.258 e. The molecule has 2 fully saturated rings. The van der Waals surface area contributed by atoms with Gasteiger partial charge < -0.3 is 9.88 Å². The molecule has 1 aromatic carbocycles. The number of hydrogen-bond donors (Lipinski definition) is 1. The molecule has 0 radical (unpaired) electrons. The fraction of sp³-hybridized carbons (Fsp3) is 0.625.